The Kier molecular flexibility index (Phi) is 5.89. The van der Waals surface area contributed by atoms with Crippen LogP contribution in [0, 0.1) is 0 Å². The van der Waals surface area contributed by atoms with E-state index in [1.54, 1.807) is 54.6 Å². The van der Waals surface area contributed by atoms with Crippen LogP contribution in [0.3, 0.4) is 0 Å². The van der Waals surface area contributed by atoms with Gasteiger partial charge in [0.1, 0.15) is 0 Å². The average Bonchev–Trinajstić information content (AvgIpc) is 2.64. The van der Waals surface area contributed by atoms with Gasteiger partial charge in [-0.05, 0) is 24.3 Å². The lowest BCUT2D eigenvalue weighted by molar-refractivity contribution is -0.134. The van der Waals surface area contributed by atoms with E-state index in [9.17, 15) is 9.59 Å². The summed E-state index contributed by atoms with van der Waals surface area (Å²) in [4.78, 5) is 24.2. The van der Waals surface area contributed by atoms with E-state index in [0.717, 1.165) is 5.01 Å². The normalized spacial score (nSPS) is 10.3. The molecule has 0 aromatic heterocycles. The highest BCUT2D eigenvalue weighted by molar-refractivity contribution is 6.07. The molecule has 2 aromatic rings. The van der Waals surface area contributed by atoms with Crippen LogP contribution >= 0.6 is 0 Å². The van der Waals surface area contributed by atoms with Gasteiger partial charge in [-0.3, -0.25) is 4.79 Å². The van der Waals surface area contributed by atoms with Crippen molar-refractivity contribution >= 4 is 29.6 Å². The molecule has 128 valence electrons. The summed E-state index contributed by atoms with van der Waals surface area (Å²) in [6.07, 6.45) is 2.77. The zero-order chi connectivity index (χ0) is 18.2. The molecule has 2 rings (SSSR count). The Bertz CT molecular complexity index is 812. The molecule has 0 fully saturated rings. The second-order valence-electron chi connectivity index (χ2n) is 4.92. The third kappa shape index (κ3) is 4.68. The lowest BCUT2D eigenvalue weighted by Gasteiger charge is -2.19. The summed E-state index contributed by atoms with van der Waals surface area (Å²) in [7, 11) is 1.28. The Morgan fingerprint density at radius 3 is 2.32 bits per heavy atom. The number of hydrogen-bond donors (Lipinski definition) is 2. The number of carbonyl (C=O) groups excluding carboxylic acids is 2. The third-order valence-corrected chi connectivity index (χ3v) is 3.19. The van der Waals surface area contributed by atoms with Crippen LogP contribution in [-0.4, -0.2) is 24.9 Å². The molecule has 2 aromatic carbocycles. The number of nitrogens with zero attached hydrogens (tertiary/aromatic N) is 2. The van der Waals surface area contributed by atoms with E-state index in [0.29, 0.717) is 16.8 Å². The standard InChI is InChI=1S/C18H18N4O3/c1-25-16(23)12-11-13-7-5-6-10-15(13)22(21-18(19)20)17(24)14-8-3-2-4-9-14/h2-12H,1H3,(H4,19,20,21). The number of guanidine groups is 1. The smallest absolute Gasteiger partial charge is 0.330 e. The first-order valence-corrected chi connectivity index (χ1v) is 7.37. The highest BCUT2D eigenvalue weighted by Crippen LogP contribution is 2.24. The third-order valence-electron chi connectivity index (χ3n) is 3.19. The van der Waals surface area contributed by atoms with Gasteiger partial charge in [-0.25, -0.2) is 4.79 Å². The summed E-state index contributed by atoms with van der Waals surface area (Å²) in [6, 6.07) is 15.5. The first-order valence-electron chi connectivity index (χ1n) is 7.37. The van der Waals surface area contributed by atoms with E-state index in [4.69, 9.17) is 11.5 Å². The average molecular weight is 338 g/mol. The molecule has 0 heterocycles. The second-order valence-corrected chi connectivity index (χ2v) is 4.92. The fourth-order valence-electron chi connectivity index (χ4n) is 2.07. The van der Waals surface area contributed by atoms with Gasteiger partial charge < -0.3 is 16.2 Å². The number of hydrogen-bond acceptors (Lipinski definition) is 4. The molecule has 4 N–H and O–H groups in total. The van der Waals surface area contributed by atoms with Crippen molar-refractivity contribution in [1.82, 2.24) is 0 Å². The van der Waals surface area contributed by atoms with E-state index in [1.165, 1.54) is 19.3 Å². The number of anilines is 1. The van der Waals surface area contributed by atoms with Gasteiger partial charge >= 0.3 is 5.97 Å². The zero-order valence-corrected chi connectivity index (χ0v) is 13.6. The molecule has 0 aliphatic heterocycles. The molecule has 0 unspecified atom stereocenters. The van der Waals surface area contributed by atoms with E-state index in [1.807, 2.05) is 0 Å². The molecule has 0 saturated heterocycles. The fourth-order valence-corrected chi connectivity index (χ4v) is 2.07. The number of esters is 1. The monoisotopic (exact) mass is 338 g/mol. The summed E-state index contributed by atoms with van der Waals surface area (Å²) in [6.45, 7) is 0. The van der Waals surface area contributed by atoms with Gasteiger partial charge in [0.15, 0.2) is 0 Å². The molecule has 1 amide bonds. The van der Waals surface area contributed by atoms with Crippen molar-refractivity contribution in [1.29, 1.82) is 0 Å². The van der Waals surface area contributed by atoms with Crippen LogP contribution in [0.4, 0.5) is 5.69 Å². The Morgan fingerprint density at radius 2 is 1.68 bits per heavy atom. The number of hydrazone groups is 1. The number of para-hydroxylation sites is 1. The quantitative estimate of drug-likeness (QED) is 0.283. The Balaban J connectivity index is 2.49. The lowest BCUT2D eigenvalue weighted by Crippen LogP contribution is -2.33. The molecular formula is C18H18N4O3. The molecule has 0 atom stereocenters. The maximum absolute atomic E-state index is 12.8. The predicted molar refractivity (Wildman–Crippen MR) is 96.6 cm³/mol. The van der Waals surface area contributed by atoms with E-state index in [-0.39, 0.29) is 5.96 Å². The van der Waals surface area contributed by atoms with E-state index >= 15 is 0 Å². The lowest BCUT2D eigenvalue weighted by atomic mass is 10.1. The highest BCUT2D eigenvalue weighted by atomic mass is 16.5. The molecule has 7 nitrogen and oxygen atoms in total. The van der Waals surface area contributed by atoms with Gasteiger partial charge in [0, 0.05) is 17.2 Å². The van der Waals surface area contributed by atoms with Crippen LogP contribution in [0.1, 0.15) is 15.9 Å². The molecular weight excluding hydrogens is 320 g/mol. The first-order chi connectivity index (χ1) is 12.0. The summed E-state index contributed by atoms with van der Waals surface area (Å²) < 4.78 is 4.58. The SMILES string of the molecule is COC(=O)C=Cc1ccccc1N(N=C(N)N)C(=O)c1ccccc1. The van der Waals surface area contributed by atoms with Crippen LogP contribution in [0.15, 0.2) is 65.8 Å². The largest absolute Gasteiger partial charge is 0.466 e. The molecule has 0 spiro atoms. The van der Waals surface area contributed by atoms with Crippen LogP contribution in [0.25, 0.3) is 6.08 Å². The number of nitrogens with two attached hydrogens (primary N) is 2. The maximum atomic E-state index is 12.8. The number of ether oxygens (including phenoxy) is 1. The van der Waals surface area contributed by atoms with Crippen molar-refractivity contribution in [2.75, 3.05) is 12.1 Å². The van der Waals surface area contributed by atoms with Gasteiger partial charge in [-0.2, -0.15) is 5.01 Å². The topological polar surface area (TPSA) is 111 Å². The van der Waals surface area contributed by atoms with Gasteiger partial charge in [0.2, 0.25) is 5.96 Å². The van der Waals surface area contributed by atoms with Gasteiger partial charge in [-0.15, -0.1) is 5.10 Å². The minimum atomic E-state index is -0.516. The number of amides is 1. The number of carbonyl (C=O) groups is 2. The fraction of sp³-hybridized carbons (Fsp3) is 0.0556. The maximum Gasteiger partial charge on any atom is 0.330 e. The van der Waals surface area contributed by atoms with Gasteiger partial charge in [0.05, 0.1) is 12.8 Å². The Labute approximate surface area is 145 Å². The Hall–Kier alpha value is -3.61. The number of methoxy groups -OCH3 is 1. The molecule has 0 aliphatic carbocycles. The minimum Gasteiger partial charge on any atom is -0.466 e. The van der Waals surface area contributed by atoms with Crippen molar-refractivity contribution in [3.05, 3.63) is 71.8 Å². The minimum absolute atomic E-state index is 0.268. The van der Waals surface area contributed by atoms with Crippen molar-refractivity contribution < 1.29 is 14.3 Å². The molecule has 7 heteroatoms. The summed E-state index contributed by atoms with van der Waals surface area (Å²) >= 11 is 0. The highest BCUT2D eigenvalue weighted by Gasteiger charge is 2.19. The first kappa shape index (κ1) is 17.7. The zero-order valence-electron chi connectivity index (χ0n) is 13.6. The molecule has 0 aliphatic rings. The molecule has 0 radical (unpaired) electrons. The predicted octanol–water partition coefficient (Wildman–Crippen LogP) is 1.71. The van der Waals surface area contributed by atoms with Crippen molar-refractivity contribution in [2.24, 2.45) is 16.6 Å². The van der Waals surface area contributed by atoms with Crippen LogP contribution < -0.4 is 16.5 Å². The Morgan fingerprint density at radius 1 is 1.04 bits per heavy atom. The summed E-state index contributed by atoms with van der Waals surface area (Å²) in [5, 5.41) is 5.04. The van der Waals surface area contributed by atoms with Crippen LogP contribution in [0.2, 0.25) is 0 Å². The van der Waals surface area contributed by atoms with E-state index < -0.39 is 11.9 Å². The summed E-state index contributed by atoms with van der Waals surface area (Å²) in [5.41, 5.74) is 12.4. The van der Waals surface area contributed by atoms with Gasteiger partial charge in [0.25, 0.3) is 5.91 Å². The van der Waals surface area contributed by atoms with Crippen LogP contribution in [-0.2, 0) is 9.53 Å². The summed E-state index contributed by atoms with van der Waals surface area (Å²) in [5.74, 6) is -1.19. The van der Waals surface area contributed by atoms with E-state index in [2.05, 4.69) is 9.84 Å². The van der Waals surface area contributed by atoms with Crippen molar-refractivity contribution in [3.8, 4) is 0 Å². The van der Waals surface area contributed by atoms with Gasteiger partial charge in [-0.1, -0.05) is 36.4 Å². The van der Waals surface area contributed by atoms with Crippen LogP contribution in [0.5, 0.6) is 0 Å². The molecule has 25 heavy (non-hydrogen) atoms. The van der Waals surface area contributed by atoms with Crippen molar-refractivity contribution in [3.63, 3.8) is 0 Å². The molecule has 0 saturated carbocycles. The number of benzene rings is 2. The van der Waals surface area contributed by atoms with Crippen molar-refractivity contribution in [2.45, 2.75) is 0 Å². The number of rotatable bonds is 5. The second kappa shape index (κ2) is 8.30. The molecule has 0 bridgehead atoms.